The van der Waals surface area contributed by atoms with Crippen LogP contribution in [0.5, 0.6) is 0 Å². The Balaban J connectivity index is 1.37. The molecule has 0 radical (unpaired) electrons. The molecule has 1 aliphatic heterocycles. The highest BCUT2D eigenvalue weighted by Gasteiger charge is 2.22. The van der Waals surface area contributed by atoms with Crippen molar-refractivity contribution in [2.75, 3.05) is 11.4 Å². The molecular weight excluding hydrogens is 348 g/mol. The molecule has 130 valence electrons. The molecule has 0 saturated carbocycles. The molecular formula is C19H16N4O2S. The second-order valence-corrected chi connectivity index (χ2v) is 7.31. The summed E-state index contributed by atoms with van der Waals surface area (Å²) in [6, 6.07) is 10.2. The monoisotopic (exact) mass is 364 g/mol. The third kappa shape index (κ3) is 2.70. The van der Waals surface area contributed by atoms with Gasteiger partial charge in [0, 0.05) is 23.2 Å². The number of hydrogen-bond acceptors (Lipinski definition) is 7. The molecule has 0 N–H and O–H groups in total. The summed E-state index contributed by atoms with van der Waals surface area (Å²) in [5, 5.41) is 11.4. The summed E-state index contributed by atoms with van der Waals surface area (Å²) in [5.41, 5.74) is 4.78. The number of benzene rings is 1. The molecule has 0 saturated heterocycles. The summed E-state index contributed by atoms with van der Waals surface area (Å²) >= 11 is 1.68. The summed E-state index contributed by atoms with van der Waals surface area (Å²) in [6.07, 6.45) is 2.60. The summed E-state index contributed by atoms with van der Waals surface area (Å²) < 4.78 is 11.0. The standard InChI is InChI=1S/C19H16N4O2S/c1-12-20-15(11-26-12)13-4-5-16-14(9-13)6-7-23(16)10-18-21-22-19(25-18)17-3-2-8-24-17/h2-5,8-9,11H,6-7,10H2,1H3. The Bertz CT molecular complexity index is 1050. The van der Waals surface area contributed by atoms with Gasteiger partial charge in [0.1, 0.15) is 0 Å². The predicted molar refractivity (Wildman–Crippen MR) is 99.0 cm³/mol. The number of anilines is 1. The smallest absolute Gasteiger partial charge is 0.283 e. The Kier molecular flexibility index (Phi) is 3.60. The van der Waals surface area contributed by atoms with Crippen LogP contribution in [0.4, 0.5) is 5.69 Å². The first-order valence-corrected chi connectivity index (χ1v) is 9.31. The van der Waals surface area contributed by atoms with Crippen LogP contribution in [-0.4, -0.2) is 21.7 Å². The van der Waals surface area contributed by atoms with Crippen LogP contribution in [0.3, 0.4) is 0 Å². The number of rotatable bonds is 4. The van der Waals surface area contributed by atoms with E-state index in [-0.39, 0.29) is 0 Å². The number of fused-ring (bicyclic) bond motifs is 1. The molecule has 1 aromatic carbocycles. The Labute approximate surface area is 154 Å². The molecule has 0 aliphatic carbocycles. The van der Waals surface area contributed by atoms with Crippen molar-refractivity contribution in [3.63, 3.8) is 0 Å². The fraction of sp³-hybridized carbons (Fsp3) is 0.211. The van der Waals surface area contributed by atoms with E-state index in [1.54, 1.807) is 23.7 Å². The van der Waals surface area contributed by atoms with Gasteiger partial charge in [-0.3, -0.25) is 0 Å². The van der Waals surface area contributed by atoms with Gasteiger partial charge in [-0.15, -0.1) is 21.5 Å². The topological polar surface area (TPSA) is 68.2 Å². The van der Waals surface area contributed by atoms with Gasteiger partial charge in [-0.05, 0) is 43.2 Å². The molecule has 0 fully saturated rings. The zero-order valence-corrected chi connectivity index (χ0v) is 15.0. The van der Waals surface area contributed by atoms with Crippen molar-refractivity contribution in [2.24, 2.45) is 0 Å². The number of aromatic nitrogens is 3. The van der Waals surface area contributed by atoms with Crippen molar-refractivity contribution in [3.8, 4) is 22.9 Å². The van der Waals surface area contributed by atoms with Crippen LogP contribution < -0.4 is 4.90 Å². The fourth-order valence-electron chi connectivity index (χ4n) is 3.27. The molecule has 0 atom stereocenters. The second-order valence-electron chi connectivity index (χ2n) is 6.25. The zero-order valence-electron chi connectivity index (χ0n) is 14.2. The largest absolute Gasteiger partial charge is 0.459 e. The van der Waals surface area contributed by atoms with E-state index >= 15 is 0 Å². The van der Waals surface area contributed by atoms with E-state index in [0.717, 1.165) is 23.7 Å². The maximum Gasteiger partial charge on any atom is 0.283 e. The summed E-state index contributed by atoms with van der Waals surface area (Å²) in [5.74, 6) is 1.59. The van der Waals surface area contributed by atoms with Crippen LogP contribution in [0, 0.1) is 6.92 Å². The normalized spacial score (nSPS) is 13.3. The Morgan fingerprint density at radius 2 is 2.19 bits per heavy atom. The molecule has 0 amide bonds. The lowest BCUT2D eigenvalue weighted by molar-refractivity contribution is 0.476. The third-order valence-corrected chi connectivity index (χ3v) is 5.28. The summed E-state index contributed by atoms with van der Waals surface area (Å²) in [4.78, 5) is 6.85. The van der Waals surface area contributed by atoms with E-state index in [1.807, 2.05) is 13.0 Å². The molecule has 1 aliphatic rings. The van der Waals surface area contributed by atoms with E-state index in [0.29, 0.717) is 24.1 Å². The van der Waals surface area contributed by atoms with E-state index in [4.69, 9.17) is 8.83 Å². The van der Waals surface area contributed by atoms with Gasteiger partial charge in [0.2, 0.25) is 5.89 Å². The maximum absolute atomic E-state index is 5.73. The number of aryl methyl sites for hydroxylation is 1. The van der Waals surface area contributed by atoms with Crippen molar-refractivity contribution in [1.82, 2.24) is 15.2 Å². The summed E-state index contributed by atoms with van der Waals surface area (Å²) in [7, 11) is 0. The van der Waals surface area contributed by atoms with Crippen LogP contribution in [0.25, 0.3) is 22.9 Å². The van der Waals surface area contributed by atoms with E-state index in [1.165, 1.54) is 16.8 Å². The van der Waals surface area contributed by atoms with E-state index in [2.05, 4.69) is 43.7 Å². The lowest BCUT2D eigenvalue weighted by Gasteiger charge is -2.17. The molecule has 0 unspecified atom stereocenters. The van der Waals surface area contributed by atoms with Gasteiger partial charge in [-0.25, -0.2) is 4.98 Å². The molecule has 26 heavy (non-hydrogen) atoms. The van der Waals surface area contributed by atoms with Gasteiger partial charge in [0.15, 0.2) is 5.76 Å². The van der Waals surface area contributed by atoms with Gasteiger partial charge >= 0.3 is 0 Å². The van der Waals surface area contributed by atoms with Crippen LogP contribution >= 0.6 is 11.3 Å². The highest BCUT2D eigenvalue weighted by atomic mass is 32.1. The van der Waals surface area contributed by atoms with Crippen molar-refractivity contribution in [3.05, 3.63) is 58.4 Å². The highest BCUT2D eigenvalue weighted by molar-refractivity contribution is 7.09. The van der Waals surface area contributed by atoms with Crippen molar-refractivity contribution < 1.29 is 8.83 Å². The van der Waals surface area contributed by atoms with Gasteiger partial charge in [-0.1, -0.05) is 6.07 Å². The van der Waals surface area contributed by atoms with E-state index in [9.17, 15) is 0 Å². The summed E-state index contributed by atoms with van der Waals surface area (Å²) in [6.45, 7) is 3.56. The van der Waals surface area contributed by atoms with Crippen molar-refractivity contribution in [2.45, 2.75) is 19.9 Å². The quantitative estimate of drug-likeness (QED) is 0.537. The van der Waals surface area contributed by atoms with Crippen LogP contribution in [-0.2, 0) is 13.0 Å². The minimum Gasteiger partial charge on any atom is -0.459 e. The first-order chi connectivity index (χ1) is 12.8. The number of furan rings is 1. The van der Waals surface area contributed by atoms with Gasteiger partial charge in [0.25, 0.3) is 5.89 Å². The second kappa shape index (κ2) is 6.10. The van der Waals surface area contributed by atoms with Crippen molar-refractivity contribution >= 4 is 17.0 Å². The molecule has 3 aromatic heterocycles. The molecule has 5 rings (SSSR count). The molecule has 7 heteroatoms. The van der Waals surface area contributed by atoms with Crippen LogP contribution in [0.2, 0.25) is 0 Å². The average Bonchev–Trinajstić information content (AvgIpc) is 3.42. The molecule has 4 aromatic rings. The Morgan fingerprint density at radius 3 is 3.00 bits per heavy atom. The van der Waals surface area contributed by atoms with Crippen molar-refractivity contribution in [1.29, 1.82) is 0 Å². The lowest BCUT2D eigenvalue weighted by Crippen LogP contribution is -2.19. The molecule has 0 spiro atoms. The molecule has 4 heterocycles. The van der Waals surface area contributed by atoms with Crippen LogP contribution in [0.1, 0.15) is 16.5 Å². The third-order valence-electron chi connectivity index (χ3n) is 4.51. The SMILES string of the molecule is Cc1nc(-c2ccc3c(c2)CCN3Cc2nnc(-c3ccco3)o2)cs1. The zero-order chi connectivity index (χ0) is 17.5. The number of thiazole rings is 1. The molecule has 0 bridgehead atoms. The Morgan fingerprint density at radius 1 is 1.23 bits per heavy atom. The van der Waals surface area contributed by atoms with Crippen LogP contribution in [0.15, 0.2) is 50.8 Å². The van der Waals surface area contributed by atoms with E-state index < -0.39 is 0 Å². The first-order valence-electron chi connectivity index (χ1n) is 8.43. The molecule has 6 nitrogen and oxygen atoms in total. The van der Waals surface area contributed by atoms with Gasteiger partial charge < -0.3 is 13.7 Å². The fourth-order valence-corrected chi connectivity index (χ4v) is 3.89. The Hall–Kier alpha value is -2.93. The first kappa shape index (κ1) is 15.3. The lowest BCUT2D eigenvalue weighted by atomic mass is 10.1. The number of hydrogen-bond donors (Lipinski definition) is 0. The predicted octanol–water partition coefficient (Wildman–Crippen LogP) is 4.32. The maximum atomic E-state index is 5.73. The highest BCUT2D eigenvalue weighted by Crippen LogP contribution is 2.33. The number of nitrogens with zero attached hydrogens (tertiary/aromatic N) is 4. The average molecular weight is 364 g/mol. The van der Waals surface area contributed by atoms with Gasteiger partial charge in [0.05, 0.1) is 23.5 Å². The minimum atomic E-state index is 0.415. The minimum absolute atomic E-state index is 0.415. The van der Waals surface area contributed by atoms with Gasteiger partial charge in [-0.2, -0.15) is 0 Å².